The zero-order chi connectivity index (χ0) is 22.6. The van der Waals surface area contributed by atoms with Gasteiger partial charge in [-0.1, -0.05) is 53.4 Å². The molecule has 1 aliphatic rings. The van der Waals surface area contributed by atoms with Crippen molar-refractivity contribution < 1.29 is 18.9 Å². The lowest BCUT2D eigenvalue weighted by atomic mass is 9.95. The van der Waals surface area contributed by atoms with Gasteiger partial charge in [-0.25, -0.2) is 0 Å². The number of nitrogens with zero attached hydrogens (tertiary/aromatic N) is 2. The van der Waals surface area contributed by atoms with E-state index in [0.29, 0.717) is 26.2 Å². The summed E-state index contributed by atoms with van der Waals surface area (Å²) < 4.78 is -0.908. The Morgan fingerprint density at radius 1 is 0.600 bits per heavy atom. The van der Waals surface area contributed by atoms with Crippen molar-refractivity contribution in [3.05, 3.63) is 33.7 Å². The number of unbranched alkanes of at least 4 members (excludes halogenated alkanes) is 4. The van der Waals surface area contributed by atoms with Gasteiger partial charge in [0.25, 0.3) is 0 Å². The number of hydrogen-bond donors (Lipinski definition) is 0. The highest BCUT2D eigenvalue weighted by Gasteiger charge is 2.29. The molecule has 0 radical (unpaired) electrons. The summed E-state index contributed by atoms with van der Waals surface area (Å²) in [4.78, 5) is 25.5. The van der Waals surface area contributed by atoms with Crippen molar-refractivity contribution in [3.8, 4) is 0 Å². The second-order valence-corrected chi connectivity index (χ2v) is 8.81. The zero-order valence-electron chi connectivity index (χ0n) is 19.6. The van der Waals surface area contributed by atoms with Gasteiger partial charge >= 0.3 is 0 Å². The van der Waals surface area contributed by atoms with Gasteiger partial charge in [0.05, 0.1) is 37.3 Å². The van der Waals surface area contributed by atoms with Gasteiger partial charge in [-0.2, -0.15) is 0 Å². The topological polar surface area (TPSA) is 80.3 Å². The van der Waals surface area contributed by atoms with E-state index in [0.717, 1.165) is 51.4 Å². The van der Waals surface area contributed by atoms with Crippen molar-refractivity contribution in [1.29, 1.82) is 0 Å². The first kappa shape index (κ1) is 26.7. The van der Waals surface area contributed by atoms with Gasteiger partial charge in [-0.05, 0) is 37.8 Å². The molecule has 1 rings (SSSR count). The molecule has 0 unspecified atom stereocenters. The Kier molecular flexibility index (Phi) is 11.7. The van der Waals surface area contributed by atoms with Gasteiger partial charge in [0.2, 0.25) is 0 Å². The quantitative estimate of drug-likeness (QED) is 0.203. The van der Waals surface area contributed by atoms with Crippen LogP contribution in [0, 0.1) is 10.4 Å². The van der Waals surface area contributed by atoms with Crippen molar-refractivity contribution >= 4 is 11.6 Å². The lowest BCUT2D eigenvalue weighted by Gasteiger charge is -2.44. The highest BCUT2D eigenvalue weighted by Crippen LogP contribution is 2.22. The molecule has 0 bridgehead atoms. The van der Waals surface area contributed by atoms with Crippen LogP contribution >= 0.6 is 0 Å². The van der Waals surface area contributed by atoms with Crippen LogP contribution in [0.5, 0.6) is 0 Å². The molecule has 0 atom stereocenters. The fraction of sp³-hybridized carbons (Fsp3) is 0.750. The molecule has 0 aromatic carbocycles. The molecule has 0 fully saturated rings. The average molecular weight is 423 g/mol. The molecule has 6 nitrogen and oxygen atoms in total. The number of carbonyl (C=O) groups is 2. The lowest BCUT2D eigenvalue weighted by molar-refractivity contribution is -0.876. The van der Waals surface area contributed by atoms with Gasteiger partial charge in [-0.3, -0.25) is 9.59 Å². The normalized spacial score (nSPS) is 15.4. The van der Waals surface area contributed by atoms with Crippen LogP contribution in [-0.4, -0.2) is 60.1 Å². The second-order valence-electron chi connectivity index (χ2n) is 8.81. The van der Waals surface area contributed by atoms with E-state index in [1.165, 1.54) is 12.2 Å². The van der Waals surface area contributed by atoms with E-state index in [1.54, 1.807) is 0 Å². The minimum Gasteiger partial charge on any atom is -0.633 e. The molecule has 172 valence electrons. The number of hydrogen-bond acceptors (Lipinski definition) is 4. The Hall–Kier alpha value is -1.34. The van der Waals surface area contributed by atoms with Crippen LogP contribution in [0.4, 0.5) is 0 Å². The molecule has 0 aliphatic heterocycles. The van der Waals surface area contributed by atoms with E-state index in [-0.39, 0.29) is 35.8 Å². The molecule has 0 heterocycles. The van der Waals surface area contributed by atoms with Gasteiger partial charge in [-0.15, -0.1) is 0 Å². The second kappa shape index (κ2) is 13.2. The Morgan fingerprint density at radius 3 is 1.10 bits per heavy atom. The molecule has 0 saturated carbocycles. The van der Waals surface area contributed by atoms with Crippen LogP contribution in [0.1, 0.15) is 79.1 Å². The van der Waals surface area contributed by atoms with Crippen molar-refractivity contribution in [2.45, 2.75) is 79.1 Å². The Balaban J connectivity index is 2.93. The van der Waals surface area contributed by atoms with Gasteiger partial charge in [0.1, 0.15) is 13.1 Å². The summed E-state index contributed by atoms with van der Waals surface area (Å²) in [6.45, 7) is 10.1. The van der Waals surface area contributed by atoms with E-state index < -0.39 is 9.29 Å². The molecule has 6 heteroatoms. The number of ketones is 2. The fourth-order valence-electron chi connectivity index (χ4n) is 3.84. The Bertz CT molecular complexity index is 555. The number of carbonyl (C=O) groups excluding carboxylic acids is 2. The van der Waals surface area contributed by atoms with Crippen LogP contribution in [0.2, 0.25) is 0 Å². The van der Waals surface area contributed by atoms with Crippen LogP contribution in [-0.2, 0) is 9.59 Å². The van der Waals surface area contributed by atoms with Crippen LogP contribution in [0.15, 0.2) is 23.3 Å². The Morgan fingerprint density at radius 2 is 0.867 bits per heavy atom. The average Bonchev–Trinajstić information content (AvgIpc) is 2.71. The maximum Gasteiger partial charge on any atom is 0.188 e. The summed E-state index contributed by atoms with van der Waals surface area (Å²) >= 11 is 0. The summed E-state index contributed by atoms with van der Waals surface area (Å²) in [5, 5.41) is 26.5. The Labute approximate surface area is 183 Å². The van der Waals surface area contributed by atoms with Crippen molar-refractivity contribution in [1.82, 2.24) is 0 Å². The first-order chi connectivity index (χ1) is 14.2. The van der Waals surface area contributed by atoms with E-state index in [4.69, 9.17) is 0 Å². The number of quaternary nitrogens is 2. The third-order valence-corrected chi connectivity index (χ3v) is 5.84. The van der Waals surface area contributed by atoms with E-state index in [1.807, 2.05) is 27.7 Å². The maximum atomic E-state index is 13.2. The lowest BCUT2D eigenvalue weighted by Crippen LogP contribution is -2.47. The predicted octanol–water partition coefficient (Wildman–Crippen LogP) is 4.82. The maximum absolute atomic E-state index is 13.2. The summed E-state index contributed by atoms with van der Waals surface area (Å²) in [7, 11) is 0. The predicted molar refractivity (Wildman–Crippen MR) is 122 cm³/mol. The summed E-state index contributed by atoms with van der Waals surface area (Å²) in [5.74, 6) is -0.568. The molecular formula is C24H42N2O4. The summed E-state index contributed by atoms with van der Waals surface area (Å²) in [6, 6.07) is 0. The van der Waals surface area contributed by atoms with Crippen molar-refractivity contribution in [3.63, 3.8) is 0 Å². The minimum atomic E-state index is -0.454. The van der Waals surface area contributed by atoms with E-state index in [9.17, 15) is 20.0 Å². The smallest absolute Gasteiger partial charge is 0.188 e. The summed E-state index contributed by atoms with van der Waals surface area (Å²) in [6.07, 6.45) is 9.53. The van der Waals surface area contributed by atoms with Crippen LogP contribution in [0.25, 0.3) is 0 Å². The molecule has 0 N–H and O–H groups in total. The highest BCUT2D eigenvalue weighted by atomic mass is 16.5. The fourth-order valence-corrected chi connectivity index (χ4v) is 3.84. The highest BCUT2D eigenvalue weighted by molar-refractivity contribution is 6.20. The number of allylic oxidation sites excluding steroid dienone is 2. The molecule has 0 saturated heterocycles. The van der Waals surface area contributed by atoms with Gasteiger partial charge in [0.15, 0.2) is 11.6 Å². The molecule has 1 aliphatic carbocycles. The van der Waals surface area contributed by atoms with Crippen LogP contribution < -0.4 is 0 Å². The first-order valence-electron chi connectivity index (χ1n) is 11.9. The SMILES string of the molecule is CCCC[N+]([O-])(CCCC)CC1=CC(=O)C(C[N+]([O-])(CCCC)CCCC)=CC1=O. The molecule has 0 aromatic rings. The monoisotopic (exact) mass is 422 g/mol. The van der Waals surface area contributed by atoms with E-state index in [2.05, 4.69) is 0 Å². The van der Waals surface area contributed by atoms with Gasteiger partial charge < -0.3 is 19.7 Å². The van der Waals surface area contributed by atoms with E-state index >= 15 is 0 Å². The minimum absolute atomic E-state index is 0.0391. The molecule has 0 aromatic heterocycles. The first-order valence-corrected chi connectivity index (χ1v) is 11.9. The van der Waals surface area contributed by atoms with Crippen LogP contribution in [0.3, 0.4) is 0 Å². The largest absolute Gasteiger partial charge is 0.633 e. The summed E-state index contributed by atoms with van der Waals surface area (Å²) in [5.41, 5.74) is 0.578. The number of hydroxylamine groups is 6. The third kappa shape index (κ3) is 8.80. The zero-order valence-corrected chi connectivity index (χ0v) is 19.6. The van der Waals surface area contributed by atoms with Gasteiger partial charge in [0, 0.05) is 0 Å². The molecular weight excluding hydrogens is 380 g/mol. The van der Waals surface area contributed by atoms with Crippen molar-refractivity contribution in [2.75, 3.05) is 39.3 Å². The number of rotatable bonds is 16. The standard InChI is InChI=1S/C24H42N2O4/c1-5-9-13-25(29,14-10-6-2)19-21-17-24(28)22(18-23(21)27)20-26(30,15-11-7-3)16-12-8-4/h17-18H,5-16,19-20H2,1-4H3. The van der Waals surface area contributed by atoms with Crippen molar-refractivity contribution in [2.24, 2.45) is 0 Å². The molecule has 0 amide bonds. The molecule has 0 spiro atoms. The third-order valence-electron chi connectivity index (χ3n) is 5.84. The molecule has 30 heavy (non-hydrogen) atoms.